The lowest BCUT2D eigenvalue weighted by molar-refractivity contribution is 0.108. The molecule has 1 heterocycles. The average Bonchev–Trinajstić information content (AvgIpc) is 2.10. The number of hydrogen-bond donors (Lipinski definition) is 1. The smallest absolute Gasteiger partial charge is 0.322 e. The van der Waals surface area contributed by atoms with Gasteiger partial charge in [-0.25, -0.2) is 0 Å². The minimum Gasteiger partial charge on any atom is -0.460 e. The fourth-order valence-electron chi connectivity index (χ4n) is 1.13. The highest BCUT2D eigenvalue weighted by atomic mass is 35.5. The average molecular weight is 215 g/mol. The van der Waals surface area contributed by atoms with Crippen LogP contribution in [0.2, 0.25) is 5.28 Å². The summed E-state index contributed by atoms with van der Waals surface area (Å²) in [7, 11) is 1.72. The Hall–Kier alpha value is -1.10. The zero-order valence-corrected chi connectivity index (χ0v) is 8.58. The molecule has 0 radical (unpaired) electrons. The van der Waals surface area contributed by atoms with Crippen molar-refractivity contribution >= 4 is 17.5 Å². The molecule has 1 N–H and O–H groups in total. The molecule has 0 bridgehead atoms. The fourth-order valence-corrected chi connectivity index (χ4v) is 1.29. The third-order valence-corrected chi connectivity index (χ3v) is 2.30. The molecular formula is C8H11ClN4O. The highest BCUT2D eigenvalue weighted by molar-refractivity contribution is 6.28. The van der Waals surface area contributed by atoms with Crippen molar-refractivity contribution in [2.45, 2.75) is 25.4 Å². The number of halogens is 1. The van der Waals surface area contributed by atoms with Gasteiger partial charge in [0, 0.05) is 7.05 Å². The first-order valence-electron chi connectivity index (χ1n) is 4.54. The number of anilines is 1. The molecule has 0 atom stereocenters. The van der Waals surface area contributed by atoms with Gasteiger partial charge in [0.05, 0.1) is 0 Å². The fraction of sp³-hybridized carbons (Fsp3) is 0.625. The molecule has 1 fully saturated rings. The quantitative estimate of drug-likeness (QED) is 0.826. The summed E-state index contributed by atoms with van der Waals surface area (Å²) in [6.07, 6.45) is 3.59. The Morgan fingerprint density at radius 1 is 1.36 bits per heavy atom. The van der Waals surface area contributed by atoms with Crippen molar-refractivity contribution in [3.05, 3.63) is 5.28 Å². The van der Waals surface area contributed by atoms with Gasteiger partial charge >= 0.3 is 6.01 Å². The molecule has 0 aromatic carbocycles. The summed E-state index contributed by atoms with van der Waals surface area (Å²) >= 11 is 5.69. The molecule has 1 aliphatic carbocycles. The lowest BCUT2D eigenvalue weighted by atomic mass is 9.96. The summed E-state index contributed by atoms with van der Waals surface area (Å²) in [5.74, 6) is 0.430. The van der Waals surface area contributed by atoms with Crippen molar-refractivity contribution in [2.24, 2.45) is 0 Å². The van der Waals surface area contributed by atoms with Crippen molar-refractivity contribution in [3.8, 4) is 6.01 Å². The van der Waals surface area contributed by atoms with E-state index < -0.39 is 0 Å². The standard InChI is InChI=1S/C8H11ClN4O/c1-10-7-11-6(9)12-8(13-7)14-5-3-2-4-5/h5H,2-4H2,1H3,(H,10,11,12,13). The van der Waals surface area contributed by atoms with Gasteiger partial charge in [-0.1, -0.05) is 0 Å². The summed E-state index contributed by atoms with van der Waals surface area (Å²) in [5.41, 5.74) is 0. The first-order valence-corrected chi connectivity index (χ1v) is 4.91. The maximum atomic E-state index is 5.69. The molecule has 14 heavy (non-hydrogen) atoms. The van der Waals surface area contributed by atoms with Crippen LogP contribution in [-0.2, 0) is 0 Å². The van der Waals surface area contributed by atoms with Crippen LogP contribution in [0.5, 0.6) is 6.01 Å². The Morgan fingerprint density at radius 2 is 2.14 bits per heavy atom. The molecule has 1 aromatic rings. The Morgan fingerprint density at radius 3 is 2.71 bits per heavy atom. The predicted molar refractivity (Wildman–Crippen MR) is 52.7 cm³/mol. The second-order valence-electron chi connectivity index (χ2n) is 3.13. The second kappa shape index (κ2) is 3.96. The molecule has 2 rings (SSSR count). The summed E-state index contributed by atoms with van der Waals surface area (Å²) in [5, 5.41) is 2.94. The van der Waals surface area contributed by atoms with Gasteiger partial charge in [-0.15, -0.1) is 0 Å². The van der Waals surface area contributed by atoms with Crippen LogP contribution in [0.4, 0.5) is 5.95 Å². The van der Waals surface area contributed by atoms with E-state index in [4.69, 9.17) is 16.3 Å². The Kier molecular flexibility index (Phi) is 2.67. The zero-order chi connectivity index (χ0) is 9.97. The maximum absolute atomic E-state index is 5.69. The van der Waals surface area contributed by atoms with E-state index in [2.05, 4.69) is 20.3 Å². The lowest BCUT2D eigenvalue weighted by Crippen LogP contribution is -2.25. The molecule has 0 saturated heterocycles. The van der Waals surface area contributed by atoms with Crippen LogP contribution in [0.1, 0.15) is 19.3 Å². The molecule has 1 aliphatic rings. The van der Waals surface area contributed by atoms with Crippen molar-refractivity contribution in [2.75, 3.05) is 12.4 Å². The molecule has 0 spiro atoms. The third-order valence-electron chi connectivity index (χ3n) is 2.14. The van der Waals surface area contributed by atoms with Gasteiger partial charge in [-0.05, 0) is 30.9 Å². The highest BCUT2D eigenvalue weighted by Gasteiger charge is 2.20. The van der Waals surface area contributed by atoms with E-state index >= 15 is 0 Å². The normalized spacial score (nSPS) is 16.1. The van der Waals surface area contributed by atoms with Gasteiger partial charge in [0.2, 0.25) is 11.2 Å². The van der Waals surface area contributed by atoms with Crippen molar-refractivity contribution < 1.29 is 4.74 Å². The SMILES string of the molecule is CNc1nc(Cl)nc(OC2CCC2)n1. The van der Waals surface area contributed by atoms with Crippen LogP contribution in [-0.4, -0.2) is 28.1 Å². The Bertz CT molecular complexity index is 329. The van der Waals surface area contributed by atoms with Gasteiger partial charge < -0.3 is 10.1 Å². The monoisotopic (exact) mass is 214 g/mol. The molecule has 6 heteroatoms. The first kappa shape index (κ1) is 9.45. The van der Waals surface area contributed by atoms with E-state index in [0.717, 1.165) is 12.8 Å². The molecule has 76 valence electrons. The summed E-state index contributed by atoms with van der Waals surface area (Å²) in [6.45, 7) is 0. The van der Waals surface area contributed by atoms with Crippen molar-refractivity contribution in [1.29, 1.82) is 0 Å². The lowest BCUT2D eigenvalue weighted by Gasteiger charge is -2.24. The van der Waals surface area contributed by atoms with E-state index in [-0.39, 0.29) is 11.4 Å². The molecule has 1 aromatic heterocycles. The molecule has 0 aliphatic heterocycles. The van der Waals surface area contributed by atoms with Crippen LogP contribution in [0, 0.1) is 0 Å². The van der Waals surface area contributed by atoms with E-state index in [1.807, 2.05) is 0 Å². The van der Waals surface area contributed by atoms with Crippen LogP contribution in [0.15, 0.2) is 0 Å². The molecular weight excluding hydrogens is 204 g/mol. The number of aromatic nitrogens is 3. The van der Waals surface area contributed by atoms with Gasteiger partial charge in [0.25, 0.3) is 0 Å². The number of hydrogen-bond acceptors (Lipinski definition) is 5. The summed E-state index contributed by atoms with van der Waals surface area (Å²) in [6, 6.07) is 0.305. The van der Waals surface area contributed by atoms with Gasteiger partial charge in [-0.2, -0.15) is 15.0 Å². The molecule has 0 amide bonds. The topological polar surface area (TPSA) is 59.9 Å². The summed E-state index contributed by atoms with van der Waals surface area (Å²) < 4.78 is 5.49. The van der Waals surface area contributed by atoms with Crippen LogP contribution >= 0.6 is 11.6 Å². The molecule has 1 saturated carbocycles. The van der Waals surface area contributed by atoms with E-state index in [9.17, 15) is 0 Å². The van der Waals surface area contributed by atoms with E-state index in [0.29, 0.717) is 12.0 Å². The highest BCUT2D eigenvalue weighted by Crippen LogP contribution is 2.23. The van der Waals surface area contributed by atoms with Crippen LogP contribution in [0.25, 0.3) is 0 Å². The number of rotatable bonds is 3. The number of nitrogens with zero attached hydrogens (tertiary/aromatic N) is 3. The van der Waals surface area contributed by atoms with Crippen LogP contribution in [0.3, 0.4) is 0 Å². The minimum absolute atomic E-state index is 0.152. The Labute approximate surface area is 86.9 Å². The third kappa shape index (κ3) is 2.04. The molecule has 0 unspecified atom stereocenters. The second-order valence-corrected chi connectivity index (χ2v) is 3.47. The number of ether oxygens (including phenoxy) is 1. The minimum atomic E-state index is 0.152. The number of nitrogens with one attached hydrogen (secondary N) is 1. The van der Waals surface area contributed by atoms with Gasteiger partial charge in [-0.3, -0.25) is 0 Å². The summed E-state index contributed by atoms with van der Waals surface area (Å²) in [4.78, 5) is 11.8. The Balaban J connectivity index is 2.11. The first-order chi connectivity index (χ1) is 6.78. The predicted octanol–water partition coefficient (Wildman–Crippen LogP) is 1.50. The van der Waals surface area contributed by atoms with E-state index in [1.165, 1.54) is 6.42 Å². The van der Waals surface area contributed by atoms with Gasteiger partial charge in [0.1, 0.15) is 6.10 Å². The van der Waals surface area contributed by atoms with Gasteiger partial charge in [0.15, 0.2) is 0 Å². The van der Waals surface area contributed by atoms with Crippen molar-refractivity contribution in [3.63, 3.8) is 0 Å². The molecule has 5 nitrogen and oxygen atoms in total. The van der Waals surface area contributed by atoms with E-state index in [1.54, 1.807) is 7.05 Å². The van der Waals surface area contributed by atoms with Crippen molar-refractivity contribution in [1.82, 2.24) is 15.0 Å². The largest absolute Gasteiger partial charge is 0.460 e. The van der Waals surface area contributed by atoms with Crippen LogP contribution < -0.4 is 10.1 Å². The zero-order valence-electron chi connectivity index (χ0n) is 7.83. The maximum Gasteiger partial charge on any atom is 0.322 e.